The summed E-state index contributed by atoms with van der Waals surface area (Å²) in [5, 5.41) is 5.23. The van der Waals surface area contributed by atoms with Crippen LogP contribution in [0.5, 0.6) is 5.75 Å². The van der Waals surface area contributed by atoms with Crippen LogP contribution < -0.4 is 4.74 Å². The first-order valence-electron chi connectivity index (χ1n) is 14.0. The highest BCUT2D eigenvalue weighted by molar-refractivity contribution is 6.45. The van der Waals surface area contributed by atoms with E-state index in [2.05, 4.69) is 14.9 Å². The molecule has 2 aliphatic heterocycles. The number of ketones is 1. The van der Waals surface area contributed by atoms with Gasteiger partial charge < -0.3 is 19.5 Å². The smallest absolute Gasteiger partial charge is 0.295 e. The summed E-state index contributed by atoms with van der Waals surface area (Å²) in [4.78, 5) is 52.9. The highest BCUT2D eigenvalue weighted by atomic mass is 16.5. The minimum atomic E-state index is -0.638. The number of carbonyl (C=O) groups is 3. The van der Waals surface area contributed by atoms with Gasteiger partial charge in [-0.05, 0) is 44.1 Å². The molecule has 0 radical (unpaired) electrons. The van der Waals surface area contributed by atoms with Gasteiger partial charge in [0.1, 0.15) is 5.75 Å². The molecule has 212 valence electrons. The number of hydrogen-bond acceptors (Lipinski definition) is 7. The molecule has 11 heteroatoms. The molecule has 2 amide bonds. The van der Waals surface area contributed by atoms with Gasteiger partial charge in [0.05, 0.1) is 35.5 Å². The van der Waals surface area contributed by atoms with E-state index in [9.17, 15) is 14.4 Å². The minimum Gasteiger partial charge on any atom is -0.494 e. The number of carbonyl (C=O) groups excluding carboxylic acids is 3. The zero-order valence-corrected chi connectivity index (χ0v) is 23.1. The molecule has 0 bridgehead atoms. The summed E-state index contributed by atoms with van der Waals surface area (Å²) in [5.41, 5.74) is 2.33. The zero-order chi connectivity index (χ0) is 28.3. The van der Waals surface area contributed by atoms with E-state index in [1.807, 2.05) is 30.5 Å². The van der Waals surface area contributed by atoms with Gasteiger partial charge in [0.15, 0.2) is 5.82 Å². The first-order chi connectivity index (χ1) is 20.0. The summed E-state index contributed by atoms with van der Waals surface area (Å²) in [6, 6.07) is 11.0. The molecule has 5 heterocycles. The van der Waals surface area contributed by atoms with Crippen molar-refractivity contribution in [3.63, 3.8) is 0 Å². The molecule has 0 aliphatic carbocycles. The lowest BCUT2D eigenvalue weighted by Gasteiger charge is -2.34. The average molecular weight is 556 g/mol. The van der Waals surface area contributed by atoms with E-state index in [0.717, 1.165) is 25.3 Å². The number of ether oxygens (including phenoxy) is 1. The van der Waals surface area contributed by atoms with E-state index < -0.39 is 11.7 Å². The summed E-state index contributed by atoms with van der Waals surface area (Å²) in [5.74, 6) is -0.421. The van der Waals surface area contributed by atoms with Crippen LogP contribution in [0.1, 0.15) is 45.7 Å². The zero-order valence-electron chi connectivity index (χ0n) is 23.1. The van der Waals surface area contributed by atoms with E-state index in [1.54, 1.807) is 27.9 Å². The van der Waals surface area contributed by atoms with Gasteiger partial charge in [-0.25, -0.2) is 9.67 Å². The van der Waals surface area contributed by atoms with E-state index in [-0.39, 0.29) is 24.6 Å². The van der Waals surface area contributed by atoms with Gasteiger partial charge in [0.2, 0.25) is 0 Å². The number of methoxy groups -OCH3 is 1. The molecule has 0 saturated carbocycles. The lowest BCUT2D eigenvalue weighted by Crippen LogP contribution is -2.52. The Morgan fingerprint density at radius 3 is 2.39 bits per heavy atom. The van der Waals surface area contributed by atoms with Gasteiger partial charge in [0.25, 0.3) is 17.6 Å². The second-order valence-electron chi connectivity index (χ2n) is 10.5. The van der Waals surface area contributed by atoms with Crippen LogP contribution in [0.3, 0.4) is 0 Å². The fourth-order valence-electron chi connectivity index (χ4n) is 5.66. The van der Waals surface area contributed by atoms with Crippen molar-refractivity contribution in [3.05, 3.63) is 71.8 Å². The molecule has 3 aromatic heterocycles. The summed E-state index contributed by atoms with van der Waals surface area (Å²) < 4.78 is 7.23. The Labute approximate surface area is 237 Å². The Morgan fingerprint density at radius 1 is 0.927 bits per heavy atom. The van der Waals surface area contributed by atoms with Crippen molar-refractivity contribution in [3.8, 4) is 11.6 Å². The highest BCUT2D eigenvalue weighted by Gasteiger charge is 2.31. The molecule has 4 aromatic rings. The van der Waals surface area contributed by atoms with Crippen LogP contribution in [-0.2, 0) is 11.3 Å². The monoisotopic (exact) mass is 555 g/mol. The molecule has 41 heavy (non-hydrogen) atoms. The van der Waals surface area contributed by atoms with Crippen molar-refractivity contribution >= 4 is 28.5 Å². The van der Waals surface area contributed by atoms with Gasteiger partial charge in [0, 0.05) is 50.7 Å². The molecule has 0 atom stereocenters. The molecule has 2 aliphatic rings. The average Bonchev–Trinajstić information content (AvgIpc) is 3.68. The third kappa shape index (κ3) is 5.32. The van der Waals surface area contributed by atoms with Crippen LogP contribution in [0.2, 0.25) is 0 Å². The maximum atomic E-state index is 13.5. The number of amides is 2. The van der Waals surface area contributed by atoms with E-state index in [1.165, 1.54) is 37.5 Å². The van der Waals surface area contributed by atoms with Crippen molar-refractivity contribution in [2.24, 2.45) is 0 Å². The Balaban J connectivity index is 1.19. The van der Waals surface area contributed by atoms with Crippen molar-refractivity contribution in [2.45, 2.75) is 25.8 Å². The number of rotatable bonds is 7. The Bertz CT molecular complexity index is 1560. The van der Waals surface area contributed by atoms with Gasteiger partial charge in [-0.15, -0.1) is 0 Å². The first kappa shape index (κ1) is 26.7. The number of Topliss-reactive ketones (excluding diaryl/α,β-unsaturated/α-hetero) is 1. The standard InChI is InChI=1S/C30H33N7O4/c1-41-24-19-32-28(37-13-10-22(33-37)20-34-11-6-3-7-12-34)26-25(24)23(18-31-26)27(38)30(40)36-16-14-35(15-17-36)29(39)21-8-4-2-5-9-21/h2,4-5,8-10,13,18-19,31H,3,6-7,11-12,14-17,20H2,1H3. The number of aromatic amines is 1. The molecule has 11 nitrogen and oxygen atoms in total. The number of fused-ring (bicyclic) bond motifs is 1. The summed E-state index contributed by atoms with van der Waals surface area (Å²) >= 11 is 0. The molecular weight excluding hydrogens is 522 g/mol. The summed E-state index contributed by atoms with van der Waals surface area (Å²) in [6.07, 6.45) is 8.64. The van der Waals surface area contributed by atoms with Crippen molar-refractivity contribution in [2.75, 3.05) is 46.4 Å². The van der Waals surface area contributed by atoms with Crippen molar-refractivity contribution in [1.29, 1.82) is 0 Å². The molecule has 2 fully saturated rings. The quantitative estimate of drug-likeness (QED) is 0.275. The van der Waals surface area contributed by atoms with Gasteiger partial charge in [-0.3, -0.25) is 19.3 Å². The predicted octanol–water partition coefficient (Wildman–Crippen LogP) is 2.91. The highest BCUT2D eigenvalue weighted by Crippen LogP contribution is 2.32. The summed E-state index contributed by atoms with van der Waals surface area (Å²) in [6.45, 7) is 4.21. The van der Waals surface area contributed by atoms with Gasteiger partial charge >= 0.3 is 0 Å². The van der Waals surface area contributed by atoms with Crippen LogP contribution in [0.4, 0.5) is 0 Å². The topological polar surface area (TPSA) is 117 Å². The predicted molar refractivity (Wildman–Crippen MR) is 152 cm³/mol. The molecule has 6 rings (SSSR count). The lowest BCUT2D eigenvalue weighted by atomic mass is 10.1. The minimum absolute atomic E-state index is 0.0804. The fraction of sp³-hybridized carbons (Fsp3) is 0.367. The Kier molecular flexibility index (Phi) is 7.51. The van der Waals surface area contributed by atoms with Crippen molar-refractivity contribution < 1.29 is 19.1 Å². The van der Waals surface area contributed by atoms with Crippen LogP contribution >= 0.6 is 0 Å². The van der Waals surface area contributed by atoms with E-state index in [0.29, 0.717) is 41.1 Å². The second-order valence-corrected chi connectivity index (χ2v) is 10.5. The number of piperidine rings is 1. The van der Waals surface area contributed by atoms with Crippen LogP contribution in [0, 0.1) is 0 Å². The number of H-pyrrole nitrogens is 1. The number of hydrogen-bond donors (Lipinski definition) is 1. The lowest BCUT2D eigenvalue weighted by molar-refractivity contribution is -0.127. The number of nitrogens with zero attached hydrogens (tertiary/aromatic N) is 6. The number of nitrogens with one attached hydrogen (secondary N) is 1. The van der Waals surface area contributed by atoms with Crippen LogP contribution in [0.25, 0.3) is 16.7 Å². The SMILES string of the molecule is COc1cnc(-n2ccc(CN3CCCCC3)n2)c2[nH]cc(C(=O)C(=O)N3CCN(C(=O)c4ccccc4)CC3)c12. The molecule has 0 unspecified atom stereocenters. The maximum absolute atomic E-state index is 13.5. The number of benzene rings is 1. The molecule has 2 saturated heterocycles. The summed E-state index contributed by atoms with van der Waals surface area (Å²) in [7, 11) is 1.51. The number of piperazine rings is 1. The van der Waals surface area contributed by atoms with Crippen LogP contribution in [-0.4, -0.2) is 98.4 Å². The molecule has 0 spiro atoms. The molecule has 1 aromatic carbocycles. The maximum Gasteiger partial charge on any atom is 0.295 e. The Morgan fingerprint density at radius 2 is 1.66 bits per heavy atom. The van der Waals surface area contributed by atoms with Gasteiger partial charge in [-0.1, -0.05) is 24.6 Å². The van der Waals surface area contributed by atoms with Crippen molar-refractivity contribution in [1.82, 2.24) is 34.4 Å². The third-order valence-electron chi connectivity index (χ3n) is 7.88. The normalized spacial score (nSPS) is 16.2. The molecule has 1 N–H and O–H groups in total. The largest absolute Gasteiger partial charge is 0.494 e. The third-order valence-corrected chi connectivity index (χ3v) is 7.88. The fourth-order valence-corrected chi connectivity index (χ4v) is 5.66. The molecular formula is C30H33N7O4. The first-order valence-corrected chi connectivity index (χ1v) is 14.0. The number of likely N-dealkylation sites (tertiary alicyclic amines) is 1. The Hall–Kier alpha value is -4.51. The van der Waals surface area contributed by atoms with Crippen LogP contribution in [0.15, 0.2) is 55.0 Å². The second kappa shape index (κ2) is 11.5. The number of pyridine rings is 1. The van der Waals surface area contributed by atoms with E-state index >= 15 is 0 Å². The van der Waals surface area contributed by atoms with E-state index in [4.69, 9.17) is 9.84 Å². The van der Waals surface area contributed by atoms with Gasteiger partial charge in [-0.2, -0.15) is 5.10 Å². The number of aromatic nitrogens is 4.